The Balaban J connectivity index is 2.28. The number of hydrogen-bond donors (Lipinski definition) is 0. The Morgan fingerprint density at radius 2 is 2.27 bits per heavy atom. The van der Waals surface area contributed by atoms with E-state index in [0.717, 1.165) is 25.1 Å². The molecule has 0 aliphatic carbocycles. The number of nitro groups is 1. The van der Waals surface area contributed by atoms with Crippen LogP contribution in [0.5, 0.6) is 0 Å². The van der Waals surface area contributed by atoms with E-state index in [1.165, 1.54) is 19.2 Å². The van der Waals surface area contributed by atoms with Gasteiger partial charge in [0.05, 0.1) is 18.1 Å². The molecule has 1 unspecified atom stereocenters. The lowest BCUT2D eigenvalue weighted by Crippen LogP contribution is -2.39. The Bertz CT molecular complexity index is 559. The van der Waals surface area contributed by atoms with Gasteiger partial charge in [-0.2, -0.15) is 0 Å². The SMILES string of the molecule is CCOC1CCCN(c2ccc([N+](=O)[O-])c(C(=O)OC)c2)C1. The number of carbonyl (C=O) groups is 1. The highest BCUT2D eigenvalue weighted by Gasteiger charge is 2.25. The van der Waals surface area contributed by atoms with Gasteiger partial charge >= 0.3 is 5.97 Å². The minimum Gasteiger partial charge on any atom is -0.465 e. The molecule has 0 spiro atoms. The first-order valence-electron chi connectivity index (χ1n) is 7.30. The summed E-state index contributed by atoms with van der Waals surface area (Å²) in [5.41, 5.74) is 0.507. The Morgan fingerprint density at radius 3 is 2.91 bits per heavy atom. The van der Waals surface area contributed by atoms with E-state index >= 15 is 0 Å². The van der Waals surface area contributed by atoms with Crippen LogP contribution in [0.2, 0.25) is 0 Å². The largest absolute Gasteiger partial charge is 0.465 e. The van der Waals surface area contributed by atoms with Gasteiger partial charge in [-0.3, -0.25) is 10.1 Å². The van der Waals surface area contributed by atoms with Crippen molar-refractivity contribution < 1.29 is 19.2 Å². The zero-order chi connectivity index (χ0) is 16.1. The zero-order valence-electron chi connectivity index (χ0n) is 12.8. The fourth-order valence-corrected chi connectivity index (χ4v) is 2.70. The molecule has 0 saturated carbocycles. The van der Waals surface area contributed by atoms with Gasteiger partial charge < -0.3 is 14.4 Å². The first-order valence-corrected chi connectivity index (χ1v) is 7.30. The van der Waals surface area contributed by atoms with Crippen LogP contribution in [0.3, 0.4) is 0 Å². The van der Waals surface area contributed by atoms with Crippen LogP contribution in [0.25, 0.3) is 0 Å². The lowest BCUT2D eigenvalue weighted by atomic mass is 10.1. The Morgan fingerprint density at radius 1 is 1.50 bits per heavy atom. The number of hydrogen-bond acceptors (Lipinski definition) is 6. The fraction of sp³-hybridized carbons (Fsp3) is 0.533. The summed E-state index contributed by atoms with van der Waals surface area (Å²) in [5.74, 6) is -0.702. The predicted molar refractivity (Wildman–Crippen MR) is 81.3 cm³/mol. The van der Waals surface area contributed by atoms with Crippen LogP contribution in [0, 0.1) is 10.1 Å². The van der Waals surface area contributed by atoms with Crippen molar-refractivity contribution in [2.75, 3.05) is 31.7 Å². The molecular weight excluding hydrogens is 288 g/mol. The number of rotatable bonds is 5. The topological polar surface area (TPSA) is 81.9 Å². The highest BCUT2D eigenvalue weighted by molar-refractivity contribution is 5.95. The van der Waals surface area contributed by atoms with E-state index in [2.05, 4.69) is 9.64 Å². The molecule has 2 rings (SSSR count). The molecule has 0 N–H and O–H groups in total. The summed E-state index contributed by atoms with van der Waals surface area (Å²) in [5, 5.41) is 11.0. The summed E-state index contributed by atoms with van der Waals surface area (Å²) in [7, 11) is 1.21. The van der Waals surface area contributed by atoms with E-state index in [1.807, 2.05) is 6.92 Å². The van der Waals surface area contributed by atoms with Crippen LogP contribution in [0.4, 0.5) is 11.4 Å². The van der Waals surface area contributed by atoms with Crippen molar-refractivity contribution in [1.29, 1.82) is 0 Å². The molecule has 1 fully saturated rings. The molecule has 7 heteroatoms. The number of benzene rings is 1. The van der Waals surface area contributed by atoms with Crippen LogP contribution in [-0.2, 0) is 9.47 Å². The van der Waals surface area contributed by atoms with E-state index in [9.17, 15) is 14.9 Å². The van der Waals surface area contributed by atoms with E-state index in [-0.39, 0.29) is 17.4 Å². The molecule has 0 radical (unpaired) electrons. The second kappa shape index (κ2) is 7.22. The molecule has 1 saturated heterocycles. The highest BCUT2D eigenvalue weighted by Crippen LogP contribution is 2.28. The monoisotopic (exact) mass is 308 g/mol. The molecule has 120 valence electrons. The van der Waals surface area contributed by atoms with Gasteiger partial charge in [0.1, 0.15) is 5.56 Å². The number of nitrogens with zero attached hydrogens (tertiary/aromatic N) is 2. The van der Waals surface area contributed by atoms with Crippen molar-refractivity contribution in [2.45, 2.75) is 25.9 Å². The number of piperidine rings is 1. The second-order valence-corrected chi connectivity index (χ2v) is 5.12. The lowest BCUT2D eigenvalue weighted by Gasteiger charge is -2.34. The maximum atomic E-state index is 11.8. The molecular formula is C15H20N2O5. The molecule has 1 atom stereocenters. The molecule has 1 aromatic carbocycles. The second-order valence-electron chi connectivity index (χ2n) is 5.12. The summed E-state index contributed by atoms with van der Waals surface area (Å²) in [6, 6.07) is 4.54. The number of nitro benzene ring substituents is 1. The van der Waals surface area contributed by atoms with Gasteiger partial charge in [0.15, 0.2) is 0 Å². The van der Waals surface area contributed by atoms with E-state index in [0.29, 0.717) is 13.2 Å². The van der Waals surface area contributed by atoms with Crippen molar-refractivity contribution in [3.05, 3.63) is 33.9 Å². The number of anilines is 1. The first kappa shape index (κ1) is 16.2. The van der Waals surface area contributed by atoms with E-state index in [1.54, 1.807) is 6.07 Å². The van der Waals surface area contributed by atoms with Crippen molar-refractivity contribution in [1.82, 2.24) is 0 Å². The molecule has 1 heterocycles. The predicted octanol–water partition coefficient (Wildman–Crippen LogP) is 2.39. The highest BCUT2D eigenvalue weighted by atomic mass is 16.6. The Kier molecular flexibility index (Phi) is 5.32. The fourth-order valence-electron chi connectivity index (χ4n) is 2.70. The van der Waals surface area contributed by atoms with Crippen molar-refractivity contribution in [3.8, 4) is 0 Å². The summed E-state index contributed by atoms with van der Waals surface area (Å²) in [6.07, 6.45) is 2.13. The Labute approximate surface area is 129 Å². The lowest BCUT2D eigenvalue weighted by molar-refractivity contribution is -0.385. The van der Waals surface area contributed by atoms with Crippen LogP contribution in [0.15, 0.2) is 18.2 Å². The molecule has 0 bridgehead atoms. The third kappa shape index (κ3) is 3.54. The van der Waals surface area contributed by atoms with Gasteiger partial charge in [-0.15, -0.1) is 0 Å². The third-order valence-electron chi connectivity index (χ3n) is 3.73. The standard InChI is InChI=1S/C15H20N2O5/c1-3-22-12-5-4-8-16(10-12)11-6-7-14(17(19)20)13(9-11)15(18)21-2/h6-7,9,12H,3-5,8,10H2,1-2H3. The summed E-state index contributed by atoms with van der Waals surface area (Å²) in [4.78, 5) is 24.3. The van der Waals surface area contributed by atoms with Crippen LogP contribution in [0.1, 0.15) is 30.1 Å². The summed E-state index contributed by atoms with van der Waals surface area (Å²) >= 11 is 0. The smallest absolute Gasteiger partial charge is 0.344 e. The van der Waals surface area contributed by atoms with Gasteiger partial charge in [-0.1, -0.05) is 0 Å². The van der Waals surface area contributed by atoms with Crippen LogP contribution < -0.4 is 4.90 Å². The van der Waals surface area contributed by atoms with Gasteiger partial charge in [0, 0.05) is 31.5 Å². The summed E-state index contributed by atoms with van der Waals surface area (Å²) < 4.78 is 10.3. The minimum atomic E-state index is -0.702. The Hall–Kier alpha value is -2.15. The summed E-state index contributed by atoms with van der Waals surface area (Å²) in [6.45, 7) is 4.17. The normalized spacial score (nSPS) is 18.1. The number of carbonyl (C=O) groups excluding carboxylic acids is 1. The quantitative estimate of drug-likeness (QED) is 0.472. The third-order valence-corrected chi connectivity index (χ3v) is 3.73. The van der Waals surface area contributed by atoms with Gasteiger partial charge in [0.25, 0.3) is 5.69 Å². The van der Waals surface area contributed by atoms with Gasteiger partial charge in [-0.05, 0) is 31.9 Å². The van der Waals surface area contributed by atoms with E-state index in [4.69, 9.17) is 4.74 Å². The first-order chi connectivity index (χ1) is 10.6. The molecule has 0 amide bonds. The van der Waals surface area contributed by atoms with E-state index < -0.39 is 10.9 Å². The molecule has 0 aromatic heterocycles. The zero-order valence-corrected chi connectivity index (χ0v) is 12.8. The molecule has 1 aliphatic heterocycles. The maximum absolute atomic E-state index is 11.8. The molecule has 1 aromatic rings. The van der Waals surface area contributed by atoms with Crippen LogP contribution in [-0.4, -0.2) is 43.8 Å². The average Bonchev–Trinajstić information content (AvgIpc) is 2.54. The maximum Gasteiger partial charge on any atom is 0.344 e. The number of ether oxygens (including phenoxy) is 2. The molecule has 1 aliphatic rings. The van der Waals surface area contributed by atoms with Gasteiger partial charge in [-0.25, -0.2) is 4.79 Å². The van der Waals surface area contributed by atoms with Crippen molar-refractivity contribution in [3.63, 3.8) is 0 Å². The molecule has 7 nitrogen and oxygen atoms in total. The minimum absolute atomic E-state index is 0.0245. The number of methoxy groups -OCH3 is 1. The molecule has 22 heavy (non-hydrogen) atoms. The van der Waals surface area contributed by atoms with Crippen LogP contribution >= 0.6 is 0 Å². The van der Waals surface area contributed by atoms with Gasteiger partial charge in [0.2, 0.25) is 0 Å². The average molecular weight is 308 g/mol. The van der Waals surface area contributed by atoms with Crippen molar-refractivity contribution in [2.24, 2.45) is 0 Å². The number of esters is 1. The van der Waals surface area contributed by atoms with Crippen molar-refractivity contribution >= 4 is 17.3 Å².